The molecular formula is C20H19ClN2O2S. The maximum absolute atomic E-state index is 12.4. The van der Waals surface area contributed by atoms with E-state index in [1.165, 1.54) is 11.3 Å². The van der Waals surface area contributed by atoms with Gasteiger partial charge in [-0.25, -0.2) is 4.98 Å². The van der Waals surface area contributed by atoms with Crippen molar-refractivity contribution in [2.45, 2.75) is 26.5 Å². The number of hydrogen-bond donors (Lipinski definition) is 1. The lowest BCUT2D eigenvalue weighted by atomic mass is 10.1. The van der Waals surface area contributed by atoms with Gasteiger partial charge in [0.25, 0.3) is 5.91 Å². The molecule has 1 heterocycles. The minimum Gasteiger partial charge on any atom is -0.486 e. The highest BCUT2D eigenvalue weighted by atomic mass is 35.5. The number of ether oxygens (including phenoxy) is 1. The van der Waals surface area contributed by atoms with E-state index in [4.69, 9.17) is 16.3 Å². The molecule has 0 saturated carbocycles. The van der Waals surface area contributed by atoms with Crippen LogP contribution in [0.5, 0.6) is 5.75 Å². The smallest absolute Gasteiger partial charge is 0.271 e. The second-order valence-electron chi connectivity index (χ2n) is 5.93. The topological polar surface area (TPSA) is 51.2 Å². The third kappa shape index (κ3) is 4.62. The lowest BCUT2D eigenvalue weighted by molar-refractivity contribution is 0.0935. The monoisotopic (exact) mass is 386 g/mol. The summed E-state index contributed by atoms with van der Waals surface area (Å²) in [4.78, 5) is 16.7. The third-order valence-corrected chi connectivity index (χ3v) is 5.17. The fourth-order valence-corrected chi connectivity index (χ4v) is 3.23. The van der Waals surface area contributed by atoms with Gasteiger partial charge in [-0.2, -0.15) is 0 Å². The number of nitrogens with zero attached hydrogens (tertiary/aromatic N) is 1. The van der Waals surface area contributed by atoms with E-state index in [0.29, 0.717) is 17.3 Å². The van der Waals surface area contributed by atoms with E-state index in [1.807, 2.05) is 56.3 Å². The van der Waals surface area contributed by atoms with Crippen molar-refractivity contribution in [3.8, 4) is 5.75 Å². The van der Waals surface area contributed by atoms with E-state index in [9.17, 15) is 4.79 Å². The molecule has 2 aromatic carbocycles. The van der Waals surface area contributed by atoms with Crippen LogP contribution >= 0.6 is 22.9 Å². The predicted molar refractivity (Wildman–Crippen MR) is 105 cm³/mol. The number of benzene rings is 2. The van der Waals surface area contributed by atoms with Crippen molar-refractivity contribution in [3.63, 3.8) is 0 Å². The van der Waals surface area contributed by atoms with Crippen LogP contribution in [0.15, 0.2) is 53.9 Å². The number of thiazole rings is 1. The Morgan fingerprint density at radius 3 is 2.77 bits per heavy atom. The summed E-state index contributed by atoms with van der Waals surface area (Å²) in [6.07, 6.45) is 0. The van der Waals surface area contributed by atoms with Crippen LogP contribution in [0.4, 0.5) is 0 Å². The maximum Gasteiger partial charge on any atom is 0.271 e. The maximum atomic E-state index is 12.4. The number of nitrogens with one attached hydrogen (secondary N) is 1. The Morgan fingerprint density at radius 2 is 2.04 bits per heavy atom. The lowest BCUT2D eigenvalue weighted by Gasteiger charge is -2.13. The zero-order chi connectivity index (χ0) is 18.5. The first-order chi connectivity index (χ1) is 12.5. The molecular weight excluding hydrogens is 368 g/mol. The number of carbonyl (C=O) groups is 1. The van der Waals surface area contributed by atoms with Crippen LogP contribution in [-0.4, -0.2) is 10.9 Å². The number of aromatic nitrogens is 1. The fraction of sp³-hybridized carbons (Fsp3) is 0.200. The molecule has 0 fully saturated rings. The minimum atomic E-state index is -0.189. The molecule has 1 atom stereocenters. The Labute approximate surface area is 161 Å². The molecule has 6 heteroatoms. The van der Waals surface area contributed by atoms with Crippen LogP contribution in [0.3, 0.4) is 0 Å². The summed E-state index contributed by atoms with van der Waals surface area (Å²) in [6, 6.07) is 15.2. The molecule has 0 spiro atoms. The van der Waals surface area contributed by atoms with Crippen molar-refractivity contribution in [3.05, 3.63) is 80.8 Å². The van der Waals surface area contributed by atoms with Crippen molar-refractivity contribution in [2.75, 3.05) is 0 Å². The second kappa shape index (κ2) is 8.34. The lowest BCUT2D eigenvalue weighted by Crippen LogP contribution is -2.26. The van der Waals surface area contributed by atoms with Crippen LogP contribution < -0.4 is 10.1 Å². The molecule has 1 aromatic heterocycles. The summed E-state index contributed by atoms with van der Waals surface area (Å²) in [7, 11) is 0. The van der Waals surface area contributed by atoms with Crippen molar-refractivity contribution in [1.29, 1.82) is 0 Å². The van der Waals surface area contributed by atoms with E-state index < -0.39 is 0 Å². The summed E-state index contributed by atoms with van der Waals surface area (Å²) in [5.41, 5.74) is 2.42. The zero-order valence-electron chi connectivity index (χ0n) is 14.5. The summed E-state index contributed by atoms with van der Waals surface area (Å²) >= 11 is 7.42. The first-order valence-corrected chi connectivity index (χ1v) is 9.48. The standard InChI is InChI=1S/C20H19ClN2O2S/c1-13-10-16(8-9-17(13)21)25-11-19-23-18(12-26-19)20(24)22-14(2)15-6-4-3-5-7-15/h3-10,12,14H,11H2,1-2H3,(H,22,24). The highest BCUT2D eigenvalue weighted by molar-refractivity contribution is 7.09. The molecule has 3 aromatic rings. The van der Waals surface area contributed by atoms with E-state index in [-0.39, 0.29) is 11.9 Å². The Bertz CT molecular complexity index is 896. The molecule has 4 nitrogen and oxygen atoms in total. The third-order valence-electron chi connectivity index (χ3n) is 3.92. The van der Waals surface area contributed by atoms with E-state index >= 15 is 0 Å². The van der Waals surface area contributed by atoms with Gasteiger partial charge in [0.2, 0.25) is 0 Å². The van der Waals surface area contributed by atoms with Gasteiger partial charge in [-0.05, 0) is 43.2 Å². The van der Waals surface area contributed by atoms with E-state index in [0.717, 1.165) is 21.9 Å². The van der Waals surface area contributed by atoms with Gasteiger partial charge in [0, 0.05) is 10.4 Å². The molecule has 0 bridgehead atoms. The molecule has 1 amide bonds. The van der Waals surface area contributed by atoms with E-state index in [2.05, 4.69) is 10.3 Å². The number of rotatable bonds is 6. The van der Waals surface area contributed by atoms with Crippen LogP contribution in [-0.2, 0) is 6.61 Å². The first-order valence-electron chi connectivity index (χ1n) is 8.22. The molecule has 3 rings (SSSR count). The largest absolute Gasteiger partial charge is 0.486 e. The van der Waals surface area contributed by atoms with Gasteiger partial charge in [-0.15, -0.1) is 11.3 Å². The average Bonchev–Trinajstić information content (AvgIpc) is 3.12. The first kappa shape index (κ1) is 18.4. The van der Waals surface area contributed by atoms with Gasteiger partial charge in [-0.1, -0.05) is 41.9 Å². The molecule has 0 radical (unpaired) electrons. The number of halogens is 1. The molecule has 0 aliphatic heterocycles. The van der Waals surface area contributed by atoms with Crippen LogP contribution in [0, 0.1) is 6.92 Å². The van der Waals surface area contributed by atoms with Crippen molar-refractivity contribution < 1.29 is 9.53 Å². The predicted octanol–water partition coefficient (Wildman–Crippen LogP) is 5.17. The van der Waals surface area contributed by atoms with E-state index in [1.54, 1.807) is 11.4 Å². The van der Waals surface area contributed by atoms with Gasteiger partial charge < -0.3 is 10.1 Å². The normalized spacial score (nSPS) is 11.8. The van der Waals surface area contributed by atoms with Crippen LogP contribution in [0.2, 0.25) is 5.02 Å². The zero-order valence-corrected chi connectivity index (χ0v) is 16.1. The highest BCUT2D eigenvalue weighted by Crippen LogP contribution is 2.22. The van der Waals surface area contributed by atoms with Gasteiger partial charge >= 0.3 is 0 Å². The molecule has 0 aliphatic rings. The number of aryl methyl sites for hydroxylation is 1. The summed E-state index contributed by atoms with van der Waals surface area (Å²) in [5.74, 6) is 0.539. The molecule has 0 aliphatic carbocycles. The number of carbonyl (C=O) groups excluding carboxylic acids is 1. The number of hydrogen-bond acceptors (Lipinski definition) is 4. The molecule has 26 heavy (non-hydrogen) atoms. The van der Waals surface area contributed by atoms with Crippen molar-refractivity contribution in [1.82, 2.24) is 10.3 Å². The molecule has 1 unspecified atom stereocenters. The van der Waals surface area contributed by atoms with Crippen LogP contribution in [0.1, 0.15) is 39.6 Å². The molecule has 134 valence electrons. The van der Waals surface area contributed by atoms with Gasteiger partial charge in [0.15, 0.2) is 0 Å². The Morgan fingerprint density at radius 1 is 1.27 bits per heavy atom. The fourth-order valence-electron chi connectivity index (χ4n) is 2.43. The summed E-state index contributed by atoms with van der Waals surface area (Å²) in [5, 5.41) is 6.16. The van der Waals surface area contributed by atoms with Crippen LogP contribution in [0.25, 0.3) is 0 Å². The second-order valence-corrected chi connectivity index (χ2v) is 7.28. The van der Waals surface area contributed by atoms with Gasteiger partial charge in [-0.3, -0.25) is 4.79 Å². The SMILES string of the molecule is Cc1cc(OCc2nc(C(=O)NC(C)c3ccccc3)cs2)ccc1Cl. The summed E-state index contributed by atoms with van der Waals surface area (Å²) < 4.78 is 5.73. The average molecular weight is 387 g/mol. The van der Waals surface area contributed by atoms with Gasteiger partial charge in [0.05, 0.1) is 6.04 Å². The van der Waals surface area contributed by atoms with Gasteiger partial charge in [0.1, 0.15) is 23.1 Å². The highest BCUT2D eigenvalue weighted by Gasteiger charge is 2.14. The Hall–Kier alpha value is -2.37. The quantitative estimate of drug-likeness (QED) is 0.635. The molecule has 0 saturated heterocycles. The summed E-state index contributed by atoms with van der Waals surface area (Å²) in [6.45, 7) is 4.19. The van der Waals surface area contributed by atoms with Crippen molar-refractivity contribution in [2.24, 2.45) is 0 Å². The minimum absolute atomic E-state index is 0.0813. The number of amides is 1. The molecule has 1 N–H and O–H groups in total. The Kier molecular flexibility index (Phi) is 5.91. The van der Waals surface area contributed by atoms with Crippen molar-refractivity contribution >= 4 is 28.8 Å². The Balaban J connectivity index is 1.58.